The zero-order valence-corrected chi connectivity index (χ0v) is 19.9. The van der Waals surface area contributed by atoms with Crippen molar-refractivity contribution in [1.29, 1.82) is 0 Å². The molecule has 5 atom stereocenters. The number of hydrogen-bond acceptors (Lipinski definition) is 8. The molecule has 0 spiro atoms. The fraction of sp³-hybridized carbons (Fsp3) is 0.720. The minimum Gasteiger partial charge on any atom is -0.463 e. The molecule has 3 N–H and O–H groups in total. The van der Waals surface area contributed by atoms with Crippen molar-refractivity contribution in [2.75, 3.05) is 13.2 Å². The third-order valence-electron chi connectivity index (χ3n) is 5.62. The lowest BCUT2D eigenvalue weighted by atomic mass is 9.90. The summed E-state index contributed by atoms with van der Waals surface area (Å²) in [5, 5.41) is 29.9. The zero-order valence-electron chi connectivity index (χ0n) is 19.9. The maximum Gasteiger partial charge on any atom is 0.305 e. The van der Waals surface area contributed by atoms with Gasteiger partial charge in [-0.2, -0.15) is 0 Å². The molecule has 1 rings (SSSR count). The van der Waals surface area contributed by atoms with Crippen molar-refractivity contribution >= 4 is 17.7 Å². The fourth-order valence-electron chi connectivity index (χ4n) is 3.73. The third-order valence-corrected chi connectivity index (χ3v) is 5.62. The fourth-order valence-corrected chi connectivity index (χ4v) is 3.73. The molecule has 0 amide bonds. The Bertz CT molecular complexity index is 657. The highest BCUT2D eigenvalue weighted by Crippen LogP contribution is 2.33. The van der Waals surface area contributed by atoms with E-state index in [0.29, 0.717) is 25.7 Å². The van der Waals surface area contributed by atoms with Gasteiger partial charge in [-0.25, -0.2) is 0 Å². The van der Waals surface area contributed by atoms with E-state index in [1.807, 2.05) is 12.2 Å². The van der Waals surface area contributed by atoms with Gasteiger partial charge in [0.05, 0.1) is 12.2 Å². The number of carbonyl (C=O) groups excluding carboxylic acids is 3. The molecule has 0 aromatic carbocycles. The Morgan fingerprint density at radius 1 is 1.12 bits per heavy atom. The third kappa shape index (κ3) is 12.7. The first-order valence-corrected chi connectivity index (χ1v) is 11.9. The maximum absolute atomic E-state index is 12.3. The van der Waals surface area contributed by atoms with Crippen LogP contribution in [0.15, 0.2) is 24.3 Å². The van der Waals surface area contributed by atoms with E-state index >= 15 is 0 Å². The van der Waals surface area contributed by atoms with Crippen molar-refractivity contribution in [2.24, 2.45) is 11.8 Å². The molecule has 0 unspecified atom stereocenters. The summed E-state index contributed by atoms with van der Waals surface area (Å²) in [5.41, 5.74) is 0. The largest absolute Gasteiger partial charge is 0.463 e. The number of rotatable bonds is 16. The summed E-state index contributed by atoms with van der Waals surface area (Å²) in [6, 6.07) is 0. The van der Waals surface area contributed by atoms with Crippen LogP contribution in [0.1, 0.15) is 71.6 Å². The minimum absolute atomic E-state index is 0.00320. The lowest BCUT2D eigenvalue weighted by Crippen LogP contribution is -2.24. The lowest BCUT2D eigenvalue weighted by molar-refractivity contribution is -0.151. The number of hydrogen-bond donors (Lipinski definition) is 3. The highest BCUT2D eigenvalue weighted by Gasteiger charge is 2.39. The normalized spacial score (nSPS) is 22.7. The van der Waals surface area contributed by atoms with Crippen LogP contribution in [0.25, 0.3) is 0 Å². The van der Waals surface area contributed by atoms with E-state index in [2.05, 4.69) is 11.7 Å². The molecule has 1 fully saturated rings. The monoisotopic (exact) mass is 468 g/mol. The summed E-state index contributed by atoms with van der Waals surface area (Å²) in [6.07, 6.45) is 10.8. The highest BCUT2D eigenvalue weighted by atomic mass is 16.6. The number of esters is 2. The number of Topliss-reactive ketones (excluding diaryl/α,β-unsaturated/α-hetero) is 1. The predicted octanol–water partition coefficient (Wildman–Crippen LogP) is 2.63. The minimum atomic E-state index is -1.04. The van der Waals surface area contributed by atoms with E-state index in [1.54, 1.807) is 12.2 Å². The molecule has 0 bridgehead atoms. The van der Waals surface area contributed by atoms with Gasteiger partial charge in [-0.3, -0.25) is 14.4 Å². The van der Waals surface area contributed by atoms with Gasteiger partial charge in [0.25, 0.3) is 0 Å². The smallest absolute Gasteiger partial charge is 0.305 e. The second-order valence-corrected chi connectivity index (χ2v) is 8.61. The van der Waals surface area contributed by atoms with Gasteiger partial charge in [-0.05, 0) is 25.7 Å². The molecule has 0 heterocycles. The zero-order chi connectivity index (χ0) is 24.6. The van der Waals surface area contributed by atoms with Crippen molar-refractivity contribution in [3.63, 3.8) is 0 Å². The number of aliphatic hydroxyl groups excluding tert-OH is 3. The average molecular weight is 469 g/mol. The number of ether oxygens (including phenoxy) is 2. The van der Waals surface area contributed by atoms with Gasteiger partial charge in [0.1, 0.15) is 25.1 Å². The maximum atomic E-state index is 12.3. The molecular weight excluding hydrogens is 428 g/mol. The number of allylic oxidation sites excluding steroid dienone is 3. The number of ketones is 1. The molecule has 0 radical (unpaired) electrons. The first-order valence-electron chi connectivity index (χ1n) is 11.9. The van der Waals surface area contributed by atoms with E-state index in [4.69, 9.17) is 4.74 Å². The van der Waals surface area contributed by atoms with Gasteiger partial charge in [0.15, 0.2) is 0 Å². The van der Waals surface area contributed by atoms with Gasteiger partial charge >= 0.3 is 11.9 Å². The Labute approximate surface area is 196 Å². The van der Waals surface area contributed by atoms with Crippen molar-refractivity contribution in [1.82, 2.24) is 0 Å². The molecule has 33 heavy (non-hydrogen) atoms. The van der Waals surface area contributed by atoms with Crippen molar-refractivity contribution < 1.29 is 39.2 Å². The summed E-state index contributed by atoms with van der Waals surface area (Å²) in [5.74, 6) is -1.55. The molecule has 8 heteroatoms. The van der Waals surface area contributed by atoms with E-state index in [0.717, 1.165) is 19.3 Å². The summed E-state index contributed by atoms with van der Waals surface area (Å²) in [4.78, 5) is 34.6. The molecule has 1 saturated carbocycles. The second kappa shape index (κ2) is 16.6. The number of unbranched alkanes of at least 4 members (excludes halogenated alkanes) is 3. The van der Waals surface area contributed by atoms with Crippen LogP contribution in [0.3, 0.4) is 0 Å². The molecule has 1 aliphatic carbocycles. The van der Waals surface area contributed by atoms with Crippen LogP contribution in [0, 0.1) is 11.8 Å². The summed E-state index contributed by atoms with van der Waals surface area (Å²) < 4.78 is 9.56. The molecule has 188 valence electrons. The SMILES string of the molecule is CCCCC[C@H](O)/C=C/[C@H]1C(=O)C[C@H](O)[C@@H]1C/C=C\CCCC(=O)OC[C@H](O)COC(C)=O. The number of aliphatic hydroxyl groups is 3. The molecule has 0 aromatic heterocycles. The Hall–Kier alpha value is -2.03. The highest BCUT2D eigenvalue weighted by molar-refractivity contribution is 5.86. The van der Waals surface area contributed by atoms with E-state index in [-0.39, 0.29) is 43.7 Å². The Balaban J connectivity index is 2.32. The standard InChI is InChI=1S/C25H40O8/c1-3-4-7-10-19(27)13-14-22-21(23(29)15-24(22)30)11-8-5-6-9-12-25(31)33-17-20(28)16-32-18(2)26/h5,8,13-14,19-23,27-29H,3-4,6-7,9-12,15-17H2,1-2H3/b8-5-,14-13+/t19-,20+,21+,22+,23-/m0/s1. The first-order chi connectivity index (χ1) is 15.7. The molecule has 8 nitrogen and oxygen atoms in total. The first kappa shape index (κ1) is 29.0. The molecule has 0 saturated heterocycles. The van der Waals surface area contributed by atoms with Crippen LogP contribution < -0.4 is 0 Å². The van der Waals surface area contributed by atoms with Crippen molar-refractivity contribution in [3.8, 4) is 0 Å². The topological polar surface area (TPSA) is 130 Å². The van der Waals surface area contributed by atoms with Crippen LogP contribution in [-0.2, 0) is 23.9 Å². The quantitative estimate of drug-likeness (QED) is 0.179. The van der Waals surface area contributed by atoms with Gasteiger partial charge in [-0.15, -0.1) is 0 Å². The van der Waals surface area contributed by atoms with Crippen molar-refractivity contribution in [3.05, 3.63) is 24.3 Å². The molecular formula is C25H40O8. The second-order valence-electron chi connectivity index (χ2n) is 8.61. The summed E-state index contributed by atoms with van der Waals surface area (Å²) in [6.45, 7) is 2.90. The van der Waals surface area contributed by atoms with Gasteiger partial charge in [-0.1, -0.05) is 50.5 Å². The summed E-state index contributed by atoms with van der Waals surface area (Å²) >= 11 is 0. The predicted molar refractivity (Wildman–Crippen MR) is 123 cm³/mol. The Kier molecular flexibility index (Phi) is 14.6. The Morgan fingerprint density at radius 2 is 1.85 bits per heavy atom. The van der Waals surface area contributed by atoms with E-state index in [1.165, 1.54) is 6.92 Å². The van der Waals surface area contributed by atoms with Crippen LogP contribution in [0.5, 0.6) is 0 Å². The van der Waals surface area contributed by atoms with Gasteiger partial charge in [0, 0.05) is 31.6 Å². The number of carbonyl (C=O) groups is 3. The molecule has 0 aromatic rings. The van der Waals surface area contributed by atoms with Crippen LogP contribution in [0.2, 0.25) is 0 Å². The van der Waals surface area contributed by atoms with E-state index in [9.17, 15) is 29.7 Å². The average Bonchev–Trinajstić information content (AvgIpc) is 3.03. The van der Waals surface area contributed by atoms with Crippen LogP contribution in [-0.4, -0.2) is 64.6 Å². The molecule has 1 aliphatic rings. The van der Waals surface area contributed by atoms with E-state index < -0.39 is 30.3 Å². The van der Waals surface area contributed by atoms with Crippen LogP contribution in [0.4, 0.5) is 0 Å². The summed E-state index contributed by atoms with van der Waals surface area (Å²) in [7, 11) is 0. The lowest BCUT2D eigenvalue weighted by Gasteiger charge is -2.17. The molecule has 0 aliphatic heterocycles. The van der Waals surface area contributed by atoms with Gasteiger partial charge < -0.3 is 24.8 Å². The van der Waals surface area contributed by atoms with Gasteiger partial charge in [0.2, 0.25) is 0 Å². The Morgan fingerprint density at radius 3 is 2.55 bits per heavy atom. The van der Waals surface area contributed by atoms with Crippen molar-refractivity contribution in [2.45, 2.75) is 89.9 Å². The van der Waals surface area contributed by atoms with Crippen LogP contribution >= 0.6 is 0 Å².